The van der Waals surface area contributed by atoms with Crippen molar-refractivity contribution in [2.75, 3.05) is 0 Å². The van der Waals surface area contributed by atoms with Gasteiger partial charge in [-0.05, 0) is 43.7 Å². The number of fused-ring (bicyclic) bond motifs is 6. The highest BCUT2D eigenvalue weighted by Gasteiger charge is 2.47. The molecule has 3 aliphatic rings. The Morgan fingerprint density at radius 3 is 3.00 bits per heavy atom. The van der Waals surface area contributed by atoms with Crippen LogP contribution in [0.15, 0.2) is 24.3 Å². The number of piperidine rings is 1. The van der Waals surface area contributed by atoms with E-state index in [4.69, 9.17) is 0 Å². The van der Waals surface area contributed by atoms with Crippen LogP contribution in [-0.4, -0.2) is 28.9 Å². The average molecular weight is 256 g/mol. The van der Waals surface area contributed by atoms with Crippen LogP contribution < -0.4 is 5.32 Å². The van der Waals surface area contributed by atoms with Crippen LogP contribution in [0.2, 0.25) is 0 Å². The lowest BCUT2D eigenvalue weighted by atomic mass is 9.78. The fourth-order valence-electron chi connectivity index (χ4n) is 4.20. The molecule has 2 bridgehead atoms. The monoisotopic (exact) mass is 256 g/mol. The smallest absolute Gasteiger partial charge is 0.240 e. The number of carbonyl (C=O) groups is 1. The summed E-state index contributed by atoms with van der Waals surface area (Å²) in [5.41, 5.74) is 2.79. The van der Waals surface area contributed by atoms with Gasteiger partial charge in [-0.15, -0.1) is 0 Å². The van der Waals surface area contributed by atoms with E-state index >= 15 is 0 Å². The van der Waals surface area contributed by atoms with Gasteiger partial charge in [0.05, 0.1) is 12.1 Å². The molecule has 3 heterocycles. The Kier molecular flexibility index (Phi) is 2.46. The number of piperazine rings is 1. The summed E-state index contributed by atoms with van der Waals surface area (Å²) < 4.78 is 0. The van der Waals surface area contributed by atoms with Crippen molar-refractivity contribution >= 4 is 5.91 Å². The number of nitrogens with zero attached hydrogens (tertiary/aromatic N) is 1. The molecule has 1 aromatic carbocycles. The number of hydrogen-bond acceptors (Lipinski definition) is 2. The highest BCUT2D eigenvalue weighted by Crippen LogP contribution is 2.41. The Bertz CT molecular complexity index is 527. The molecule has 3 heteroatoms. The lowest BCUT2D eigenvalue weighted by Gasteiger charge is -2.53. The quantitative estimate of drug-likeness (QED) is 0.770. The number of rotatable bonds is 0. The second-order valence-corrected chi connectivity index (χ2v) is 6.20. The minimum absolute atomic E-state index is 0.0720. The van der Waals surface area contributed by atoms with E-state index in [-0.39, 0.29) is 12.1 Å². The summed E-state index contributed by atoms with van der Waals surface area (Å²) in [5.74, 6) is 0.322. The number of amides is 1. The maximum atomic E-state index is 12.7. The molecule has 100 valence electrons. The molecule has 3 nitrogen and oxygen atoms in total. The normalized spacial score (nSPS) is 36.7. The summed E-state index contributed by atoms with van der Waals surface area (Å²) in [6.07, 6.45) is 4.37. The molecule has 0 saturated carbocycles. The van der Waals surface area contributed by atoms with Crippen LogP contribution >= 0.6 is 0 Å². The van der Waals surface area contributed by atoms with Crippen molar-refractivity contribution in [3.05, 3.63) is 35.4 Å². The molecule has 1 N–H and O–H groups in total. The first-order valence-electron chi connectivity index (χ1n) is 7.42. The second-order valence-electron chi connectivity index (χ2n) is 6.20. The van der Waals surface area contributed by atoms with Crippen molar-refractivity contribution in [3.63, 3.8) is 0 Å². The van der Waals surface area contributed by atoms with Gasteiger partial charge in [-0.2, -0.15) is 0 Å². The lowest BCUT2D eigenvalue weighted by Crippen LogP contribution is -2.66. The van der Waals surface area contributed by atoms with Gasteiger partial charge in [-0.1, -0.05) is 24.3 Å². The SMILES string of the molecule is C[C@@H]1Cc2ccccc2[C@H]2C3CCCC(N3)C(=O)N12. The number of hydrogen-bond donors (Lipinski definition) is 1. The third kappa shape index (κ3) is 1.57. The van der Waals surface area contributed by atoms with Crippen molar-refractivity contribution in [2.24, 2.45) is 0 Å². The van der Waals surface area contributed by atoms with Gasteiger partial charge < -0.3 is 10.2 Å². The molecule has 0 spiro atoms. The molecule has 0 aromatic heterocycles. The van der Waals surface area contributed by atoms with Crippen molar-refractivity contribution in [2.45, 2.75) is 56.8 Å². The molecule has 2 fully saturated rings. The molecule has 1 aromatic rings. The van der Waals surface area contributed by atoms with Crippen LogP contribution in [0.4, 0.5) is 0 Å². The van der Waals surface area contributed by atoms with Crippen molar-refractivity contribution in [3.8, 4) is 0 Å². The molecule has 0 radical (unpaired) electrons. The lowest BCUT2D eigenvalue weighted by molar-refractivity contribution is -0.146. The van der Waals surface area contributed by atoms with E-state index < -0.39 is 0 Å². The van der Waals surface area contributed by atoms with Crippen LogP contribution in [-0.2, 0) is 11.2 Å². The largest absolute Gasteiger partial charge is 0.330 e. The van der Waals surface area contributed by atoms with Gasteiger partial charge in [0.25, 0.3) is 0 Å². The Morgan fingerprint density at radius 1 is 1.26 bits per heavy atom. The third-order valence-corrected chi connectivity index (χ3v) is 5.02. The molecule has 19 heavy (non-hydrogen) atoms. The maximum absolute atomic E-state index is 12.7. The first kappa shape index (κ1) is 11.5. The fraction of sp³-hybridized carbons (Fsp3) is 0.562. The fourth-order valence-corrected chi connectivity index (χ4v) is 4.20. The second kappa shape index (κ2) is 4.07. The van der Waals surface area contributed by atoms with Crippen LogP contribution in [0.5, 0.6) is 0 Å². The zero-order chi connectivity index (χ0) is 13.0. The minimum Gasteiger partial charge on any atom is -0.330 e. The Balaban J connectivity index is 1.83. The molecule has 3 aliphatic heterocycles. The van der Waals surface area contributed by atoms with E-state index in [2.05, 4.69) is 41.4 Å². The minimum atomic E-state index is 0.0720. The Morgan fingerprint density at radius 2 is 2.11 bits per heavy atom. The van der Waals surface area contributed by atoms with E-state index in [0.29, 0.717) is 18.0 Å². The van der Waals surface area contributed by atoms with Gasteiger partial charge in [0.15, 0.2) is 0 Å². The topological polar surface area (TPSA) is 32.3 Å². The van der Waals surface area contributed by atoms with Gasteiger partial charge >= 0.3 is 0 Å². The van der Waals surface area contributed by atoms with Gasteiger partial charge in [-0.25, -0.2) is 0 Å². The van der Waals surface area contributed by atoms with E-state index in [1.54, 1.807) is 0 Å². The van der Waals surface area contributed by atoms with Crippen LogP contribution in [0.3, 0.4) is 0 Å². The van der Waals surface area contributed by atoms with E-state index in [1.165, 1.54) is 24.0 Å². The van der Waals surface area contributed by atoms with Crippen LogP contribution in [0.25, 0.3) is 0 Å². The standard InChI is InChI=1S/C16H20N2O/c1-10-9-11-5-2-3-6-12(11)15-13-7-4-8-14(17-13)16(19)18(10)15/h2-3,5-6,10,13-15,17H,4,7-9H2,1H3/t10-,13?,14?,15+/m1/s1. The summed E-state index contributed by atoms with van der Waals surface area (Å²) in [6, 6.07) is 9.76. The molecule has 0 aliphatic carbocycles. The van der Waals surface area contributed by atoms with Gasteiger partial charge in [0.1, 0.15) is 0 Å². The molecular formula is C16H20N2O. The first-order chi connectivity index (χ1) is 9.25. The number of carbonyl (C=O) groups excluding carboxylic acids is 1. The maximum Gasteiger partial charge on any atom is 0.240 e. The highest BCUT2D eigenvalue weighted by atomic mass is 16.2. The molecular weight excluding hydrogens is 236 g/mol. The van der Waals surface area contributed by atoms with Crippen LogP contribution in [0.1, 0.15) is 43.4 Å². The van der Waals surface area contributed by atoms with Gasteiger partial charge in [-0.3, -0.25) is 4.79 Å². The first-order valence-corrected chi connectivity index (χ1v) is 7.42. The average Bonchev–Trinajstić information content (AvgIpc) is 2.44. The number of benzene rings is 1. The zero-order valence-corrected chi connectivity index (χ0v) is 11.3. The van der Waals surface area contributed by atoms with E-state index in [9.17, 15) is 4.79 Å². The molecule has 1 amide bonds. The van der Waals surface area contributed by atoms with Crippen molar-refractivity contribution in [1.29, 1.82) is 0 Å². The molecule has 4 atom stereocenters. The zero-order valence-electron chi connectivity index (χ0n) is 11.3. The summed E-state index contributed by atoms with van der Waals surface area (Å²) in [7, 11) is 0. The van der Waals surface area contributed by atoms with Gasteiger partial charge in [0, 0.05) is 12.1 Å². The summed E-state index contributed by atoms with van der Waals surface area (Å²) >= 11 is 0. The Hall–Kier alpha value is -1.35. The molecule has 2 saturated heterocycles. The highest BCUT2D eigenvalue weighted by molar-refractivity contribution is 5.84. The molecule has 4 rings (SSSR count). The molecule has 2 unspecified atom stereocenters. The summed E-state index contributed by atoms with van der Waals surface area (Å²) in [6.45, 7) is 2.20. The summed E-state index contributed by atoms with van der Waals surface area (Å²) in [5, 5.41) is 3.57. The number of nitrogens with one attached hydrogen (secondary N) is 1. The van der Waals surface area contributed by atoms with E-state index in [1.807, 2.05) is 0 Å². The summed E-state index contributed by atoms with van der Waals surface area (Å²) in [4.78, 5) is 14.8. The van der Waals surface area contributed by atoms with E-state index in [0.717, 1.165) is 12.8 Å². The van der Waals surface area contributed by atoms with Crippen molar-refractivity contribution < 1.29 is 4.79 Å². The predicted molar refractivity (Wildman–Crippen MR) is 73.8 cm³/mol. The van der Waals surface area contributed by atoms with Crippen LogP contribution in [0, 0.1) is 0 Å². The van der Waals surface area contributed by atoms with Crippen molar-refractivity contribution in [1.82, 2.24) is 10.2 Å². The third-order valence-electron chi connectivity index (χ3n) is 5.02. The predicted octanol–water partition coefficient (Wildman–Crippen LogP) is 2.03. The Labute approximate surface area is 114 Å². The van der Waals surface area contributed by atoms with Gasteiger partial charge in [0.2, 0.25) is 5.91 Å².